The lowest BCUT2D eigenvalue weighted by atomic mass is 10.1. The van der Waals surface area contributed by atoms with Crippen LogP contribution in [0.5, 0.6) is 0 Å². The summed E-state index contributed by atoms with van der Waals surface area (Å²) < 4.78 is 4.94. The van der Waals surface area contributed by atoms with E-state index in [9.17, 15) is 4.79 Å². The summed E-state index contributed by atoms with van der Waals surface area (Å²) in [5.41, 5.74) is 2.81. The van der Waals surface area contributed by atoms with Crippen molar-refractivity contribution in [1.82, 2.24) is 15.3 Å². The number of benzene rings is 1. The van der Waals surface area contributed by atoms with Crippen molar-refractivity contribution in [3.8, 4) is 11.3 Å². The van der Waals surface area contributed by atoms with Gasteiger partial charge < -0.3 is 10.1 Å². The highest BCUT2D eigenvalue weighted by Gasteiger charge is 2.08. The molecule has 1 aromatic carbocycles. The van der Waals surface area contributed by atoms with Gasteiger partial charge in [0, 0.05) is 31.5 Å². The van der Waals surface area contributed by atoms with Crippen molar-refractivity contribution in [2.24, 2.45) is 0 Å². The molecule has 0 aliphatic heterocycles. The monoisotopic (exact) mass is 331 g/mol. The Bertz CT molecular complexity index is 635. The van der Waals surface area contributed by atoms with Gasteiger partial charge in [-0.3, -0.25) is 4.79 Å². The highest BCUT2D eigenvalue weighted by Crippen LogP contribution is 2.21. The summed E-state index contributed by atoms with van der Waals surface area (Å²) in [4.78, 5) is 20.7. The fraction of sp³-hybridized carbons (Fsp3) is 0.353. The van der Waals surface area contributed by atoms with Crippen LogP contribution in [-0.4, -0.2) is 41.9 Å². The van der Waals surface area contributed by atoms with E-state index in [1.807, 2.05) is 43.3 Å². The number of nitrogens with zero attached hydrogens (tertiary/aromatic N) is 2. The molecular weight excluding hydrogens is 310 g/mol. The van der Waals surface area contributed by atoms with Crippen LogP contribution in [0.4, 0.5) is 0 Å². The lowest BCUT2D eigenvalue weighted by Gasteiger charge is -2.07. The van der Waals surface area contributed by atoms with E-state index in [4.69, 9.17) is 4.74 Å². The number of aryl methyl sites for hydroxylation is 1. The van der Waals surface area contributed by atoms with Gasteiger partial charge in [0.25, 0.3) is 0 Å². The van der Waals surface area contributed by atoms with Crippen LogP contribution in [0.1, 0.15) is 12.1 Å². The third-order valence-corrected chi connectivity index (χ3v) is 3.93. The predicted molar refractivity (Wildman–Crippen MR) is 92.4 cm³/mol. The molecular formula is C17H21N3O2S. The summed E-state index contributed by atoms with van der Waals surface area (Å²) in [7, 11) is 1.65. The summed E-state index contributed by atoms with van der Waals surface area (Å²) in [5, 5.41) is 3.47. The first kappa shape index (κ1) is 17.4. The van der Waals surface area contributed by atoms with Crippen molar-refractivity contribution in [3.63, 3.8) is 0 Å². The van der Waals surface area contributed by atoms with Crippen molar-refractivity contribution in [2.75, 3.05) is 26.0 Å². The summed E-state index contributed by atoms with van der Waals surface area (Å²) in [5.74, 6) is 0.294. The molecule has 1 heterocycles. The zero-order chi connectivity index (χ0) is 16.5. The number of amides is 1. The topological polar surface area (TPSA) is 64.1 Å². The molecule has 0 radical (unpaired) electrons. The van der Waals surface area contributed by atoms with Crippen molar-refractivity contribution in [1.29, 1.82) is 0 Å². The summed E-state index contributed by atoms with van der Waals surface area (Å²) in [6.07, 6.45) is 0.812. The van der Waals surface area contributed by atoms with E-state index in [1.165, 1.54) is 11.8 Å². The number of thioether (sulfide) groups is 1. The van der Waals surface area contributed by atoms with Crippen LogP contribution in [-0.2, 0) is 9.53 Å². The van der Waals surface area contributed by atoms with E-state index in [1.54, 1.807) is 7.11 Å². The van der Waals surface area contributed by atoms with E-state index in [0.29, 0.717) is 24.1 Å². The number of hydrogen-bond acceptors (Lipinski definition) is 5. The first-order chi connectivity index (χ1) is 11.2. The molecule has 0 spiro atoms. The van der Waals surface area contributed by atoms with E-state index >= 15 is 0 Å². The Hall–Kier alpha value is -1.92. The molecule has 1 aromatic heterocycles. The average molecular weight is 331 g/mol. The Morgan fingerprint density at radius 2 is 2.04 bits per heavy atom. The number of ether oxygens (including phenoxy) is 1. The van der Waals surface area contributed by atoms with E-state index in [2.05, 4.69) is 15.3 Å². The fourth-order valence-electron chi connectivity index (χ4n) is 1.99. The minimum atomic E-state index is -0.0162. The second-order valence-corrected chi connectivity index (χ2v) is 5.97. The predicted octanol–water partition coefficient (Wildman–Crippen LogP) is 2.70. The van der Waals surface area contributed by atoms with Crippen LogP contribution in [0.15, 0.2) is 41.6 Å². The molecule has 1 amide bonds. The van der Waals surface area contributed by atoms with Crippen molar-refractivity contribution in [3.05, 3.63) is 42.1 Å². The molecule has 1 N–H and O–H groups in total. The number of methoxy groups -OCH3 is 1. The Kier molecular flexibility index (Phi) is 7.03. The number of hydrogen-bond donors (Lipinski definition) is 1. The lowest BCUT2D eigenvalue weighted by Crippen LogP contribution is -2.26. The van der Waals surface area contributed by atoms with Gasteiger partial charge in [-0.1, -0.05) is 42.1 Å². The number of rotatable bonds is 8. The standard InChI is InChI=1S/C17H21N3O2S/c1-13-11-15(14-7-4-3-5-8-14)20-17(19-13)23-12-16(21)18-9-6-10-22-2/h3-5,7-8,11H,6,9-10,12H2,1-2H3,(H,18,21). The maximum Gasteiger partial charge on any atom is 0.230 e. The van der Waals surface area contributed by atoms with Gasteiger partial charge in [0.05, 0.1) is 11.4 Å². The van der Waals surface area contributed by atoms with Crippen LogP contribution in [0.25, 0.3) is 11.3 Å². The van der Waals surface area contributed by atoms with Gasteiger partial charge in [0.1, 0.15) is 0 Å². The molecule has 0 unspecified atom stereocenters. The molecule has 6 heteroatoms. The van der Waals surface area contributed by atoms with Gasteiger partial charge in [-0.15, -0.1) is 0 Å². The largest absolute Gasteiger partial charge is 0.385 e. The highest BCUT2D eigenvalue weighted by molar-refractivity contribution is 7.99. The van der Waals surface area contributed by atoms with Crippen LogP contribution >= 0.6 is 11.8 Å². The number of carbonyl (C=O) groups is 1. The average Bonchev–Trinajstić information content (AvgIpc) is 2.57. The van der Waals surface area contributed by atoms with Gasteiger partial charge in [-0.25, -0.2) is 9.97 Å². The summed E-state index contributed by atoms with van der Waals surface area (Å²) in [6.45, 7) is 3.20. The van der Waals surface area contributed by atoms with E-state index < -0.39 is 0 Å². The minimum absolute atomic E-state index is 0.0162. The molecule has 0 atom stereocenters. The van der Waals surface area contributed by atoms with E-state index in [-0.39, 0.29) is 5.91 Å². The van der Waals surface area contributed by atoms with Crippen LogP contribution in [0, 0.1) is 6.92 Å². The Morgan fingerprint density at radius 1 is 1.26 bits per heavy atom. The fourth-order valence-corrected chi connectivity index (χ4v) is 2.72. The SMILES string of the molecule is COCCCNC(=O)CSc1nc(C)cc(-c2ccccc2)n1. The van der Waals surface area contributed by atoms with E-state index in [0.717, 1.165) is 23.4 Å². The molecule has 5 nitrogen and oxygen atoms in total. The smallest absolute Gasteiger partial charge is 0.230 e. The molecule has 0 bridgehead atoms. The van der Waals surface area contributed by atoms with Crippen LogP contribution < -0.4 is 5.32 Å². The van der Waals surface area contributed by atoms with Crippen LogP contribution in [0.3, 0.4) is 0 Å². The maximum atomic E-state index is 11.8. The molecule has 0 aliphatic rings. The maximum absolute atomic E-state index is 11.8. The summed E-state index contributed by atoms with van der Waals surface area (Å²) in [6, 6.07) is 11.9. The lowest BCUT2D eigenvalue weighted by molar-refractivity contribution is -0.118. The molecule has 0 aliphatic carbocycles. The Morgan fingerprint density at radius 3 is 2.78 bits per heavy atom. The normalized spacial score (nSPS) is 10.5. The number of carbonyl (C=O) groups excluding carboxylic acids is 1. The van der Waals surface area contributed by atoms with Crippen molar-refractivity contribution < 1.29 is 9.53 Å². The van der Waals surface area contributed by atoms with Gasteiger partial charge >= 0.3 is 0 Å². The quantitative estimate of drug-likeness (QED) is 0.458. The zero-order valence-electron chi connectivity index (χ0n) is 13.4. The first-order valence-electron chi connectivity index (χ1n) is 7.48. The highest BCUT2D eigenvalue weighted by atomic mass is 32.2. The second-order valence-electron chi connectivity index (χ2n) is 5.03. The molecule has 2 aromatic rings. The van der Waals surface area contributed by atoms with Gasteiger partial charge in [-0.05, 0) is 19.4 Å². The molecule has 0 fully saturated rings. The first-order valence-corrected chi connectivity index (χ1v) is 8.47. The molecule has 0 saturated heterocycles. The van der Waals surface area contributed by atoms with Gasteiger partial charge in [0.2, 0.25) is 5.91 Å². The molecule has 2 rings (SSSR count). The molecule has 122 valence electrons. The Balaban J connectivity index is 1.93. The van der Waals surface area contributed by atoms with Gasteiger partial charge in [-0.2, -0.15) is 0 Å². The Labute approximate surface area is 140 Å². The van der Waals surface area contributed by atoms with Crippen molar-refractivity contribution >= 4 is 17.7 Å². The second kappa shape index (κ2) is 9.27. The molecule has 23 heavy (non-hydrogen) atoms. The van der Waals surface area contributed by atoms with Crippen LogP contribution in [0.2, 0.25) is 0 Å². The third-order valence-electron chi connectivity index (χ3n) is 3.08. The minimum Gasteiger partial charge on any atom is -0.385 e. The summed E-state index contributed by atoms with van der Waals surface area (Å²) >= 11 is 1.35. The van der Waals surface area contributed by atoms with Gasteiger partial charge in [0.15, 0.2) is 5.16 Å². The molecule has 0 saturated carbocycles. The zero-order valence-corrected chi connectivity index (χ0v) is 14.2. The third kappa shape index (κ3) is 6.00. The number of aromatic nitrogens is 2. The number of nitrogens with one attached hydrogen (secondary N) is 1. The van der Waals surface area contributed by atoms with Crippen molar-refractivity contribution in [2.45, 2.75) is 18.5 Å².